The van der Waals surface area contributed by atoms with E-state index in [2.05, 4.69) is 12.1 Å². The van der Waals surface area contributed by atoms with Crippen molar-refractivity contribution in [2.75, 3.05) is 60.8 Å². The highest BCUT2D eigenvalue weighted by Crippen LogP contribution is 2.44. The molecule has 11 heteroatoms. The standard InChI is InChI=1S/C14H26N2O3Si.C10H25NO3Si/c1-17-20(18-2,19-3)14(12-16,9-10-15)11-13-7-5-4-6-8-13;1-4-12-15(13-5-2,14-6-3)10-8-7-9-11/h4-8H,9-12,15-16H2,1-3H3;4-11H2,1-3H3. The zero-order valence-corrected chi connectivity index (χ0v) is 24.8. The molecule has 0 spiro atoms. The third-order valence-corrected chi connectivity index (χ3v) is 12.6. The molecule has 1 aromatic rings. The van der Waals surface area contributed by atoms with Crippen LogP contribution in [-0.4, -0.2) is 78.4 Å². The van der Waals surface area contributed by atoms with Crippen LogP contribution in [0.4, 0.5) is 0 Å². The van der Waals surface area contributed by atoms with Crippen LogP contribution in [0, 0.1) is 0 Å². The first-order valence-electron chi connectivity index (χ1n) is 12.6. The molecule has 0 amide bonds. The van der Waals surface area contributed by atoms with Crippen LogP contribution in [0.3, 0.4) is 0 Å². The van der Waals surface area contributed by atoms with Gasteiger partial charge in [-0.05, 0) is 65.1 Å². The Bertz CT molecular complexity index is 603. The van der Waals surface area contributed by atoms with Crippen molar-refractivity contribution in [3.8, 4) is 0 Å². The lowest BCUT2D eigenvalue weighted by Gasteiger charge is -2.43. The molecule has 0 bridgehead atoms. The molecule has 0 radical (unpaired) electrons. The van der Waals surface area contributed by atoms with Crippen LogP contribution in [0.1, 0.15) is 45.6 Å². The van der Waals surface area contributed by atoms with Gasteiger partial charge < -0.3 is 43.8 Å². The molecule has 1 rings (SSSR count). The van der Waals surface area contributed by atoms with Crippen LogP contribution in [0.25, 0.3) is 0 Å². The van der Waals surface area contributed by atoms with E-state index in [1.165, 1.54) is 5.56 Å². The number of rotatable bonds is 19. The Morgan fingerprint density at radius 1 is 0.743 bits per heavy atom. The van der Waals surface area contributed by atoms with Gasteiger partial charge in [-0.1, -0.05) is 30.3 Å². The Morgan fingerprint density at radius 3 is 1.63 bits per heavy atom. The summed E-state index contributed by atoms with van der Waals surface area (Å²) < 4.78 is 34.2. The Labute approximate surface area is 215 Å². The fourth-order valence-corrected chi connectivity index (χ4v) is 9.90. The van der Waals surface area contributed by atoms with E-state index in [4.69, 9.17) is 43.8 Å². The molecule has 206 valence electrons. The van der Waals surface area contributed by atoms with Crippen molar-refractivity contribution in [2.24, 2.45) is 17.2 Å². The molecular weight excluding hydrogens is 482 g/mol. The van der Waals surface area contributed by atoms with Gasteiger partial charge in [-0.3, -0.25) is 0 Å². The first-order chi connectivity index (χ1) is 16.9. The number of unbranched alkanes of at least 4 members (excludes halogenated alkanes) is 1. The Kier molecular flexibility index (Phi) is 19.0. The van der Waals surface area contributed by atoms with Gasteiger partial charge in [-0.25, -0.2) is 0 Å². The van der Waals surface area contributed by atoms with Gasteiger partial charge in [0.15, 0.2) is 0 Å². The first-order valence-corrected chi connectivity index (χ1v) is 16.2. The molecule has 0 aromatic heterocycles. The summed E-state index contributed by atoms with van der Waals surface area (Å²) in [6.07, 6.45) is 3.44. The van der Waals surface area contributed by atoms with Crippen molar-refractivity contribution < 1.29 is 26.6 Å². The van der Waals surface area contributed by atoms with Gasteiger partial charge in [0, 0.05) is 53.7 Å². The van der Waals surface area contributed by atoms with Crippen LogP contribution >= 0.6 is 0 Å². The Morgan fingerprint density at radius 2 is 1.26 bits per heavy atom. The van der Waals surface area contributed by atoms with Crippen LogP contribution in [0.5, 0.6) is 0 Å². The monoisotopic (exact) mass is 533 g/mol. The molecule has 0 heterocycles. The second-order valence-corrected chi connectivity index (χ2v) is 14.2. The van der Waals surface area contributed by atoms with Crippen LogP contribution in [-0.2, 0) is 33.0 Å². The first kappa shape index (κ1) is 34.3. The highest BCUT2D eigenvalue weighted by molar-refractivity contribution is 6.64. The summed E-state index contributed by atoms with van der Waals surface area (Å²) in [4.78, 5) is 0. The topological polar surface area (TPSA) is 133 Å². The Hall–Kier alpha value is -0.706. The van der Waals surface area contributed by atoms with Gasteiger partial charge in [-0.2, -0.15) is 0 Å². The molecule has 35 heavy (non-hydrogen) atoms. The van der Waals surface area contributed by atoms with Crippen LogP contribution in [0.15, 0.2) is 30.3 Å². The summed E-state index contributed by atoms with van der Waals surface area (Å²) >= 11 is 0. The third-order valence-electron chi connectivity index (χ3n) is 5.88. The highest BCUT2D eigenvalue weighted by Gasteiger charge is 2.58. The van der Waals surface area contributed by atoms with Gasteiger partial charge in [-0.15, -0.1) is 0 Å². The molecule has 0 saturated carbocycles. The van der Waals surface area contributed by atoms with Crippen LogP contribution < -0.4 is 17.2 Å². The van der Waals surface area contributed by atoms with E-state index in [1.807, 2.05) is 39.0 Å². The molecule has 9 nitrogen and oxygen atoms in total. The molecule has 6 N–H and O–H groups in total. The molecule has 1 aromatic carbocycles. The van der Waals surface area contributed by atoms with E-state index < -0.39 is 22.6 Å². The summed E-state index contributed by atoms with van der Waals surface area (Å²) in [6.45, 7) is 9.50. The molecule has 1 unspecified atom stereocenters. The van der Waals surface area contributed by atoms with Crippen molar-refractivity contribution in [3.05, 3.63) is 35.9 Å². The predicted molar refractivity (Wildman–Crippen MR) is 146 cm³/mol. The second-order valence-electron chi connectivity index (χ2n) is 8.08. The normalized spacial score (nSPS) is 13.7. The van der Waals surface area contributed by atoms with Gasteiger partial charge in [0.2, 0.25) is 0 Å². The fraction of sp³-hybridized carbons (Fsp3) is 0.750. The number of hydrogen-bond acceptors (Lipinski definition) is 9. The maximum Gasteiger partial charge on any atom is 0.508 e. The van der Waals surface area contributed by atoms with Gasteiger partial charge >= 0.3 is 17.6 Å². The predicted octanol–water partition coefficient (Wildman–Crippen LogP) is 2.93. The lowest BCUT2D eigenvalue weighted by Crippen LogP contribution is -2.59. The van der Waals surface area contributed by atoms with E-state index in [9.17, 15) is 0 Å². The van der Waals surface area contributed by atoms with E-state index in [0.717, 1.165) is 31.9 Å². The van der Waals surface area contributed by atoms with E-state index in [1.54, 1.807) is 21.3 Å². The number of hydrogen-bond donors (Lipinski definition) is 3. The van der Waals surface area contributed by atoms with Gasteiger partial charge in [0.05, 0.1) is 5.04 Å². The highest BCUT2D eigenvalue weighted by atomic mass is 28.4. The second kappa shape index (κ2) is 19.4. The largest absolute Gasteiger partial charge is 0.508 e. The smallest absolute Gasteiger partial charge is 0.376 e. The number of benzene rings is 1. The molecular formula is C24H51N3O6Si2. The van der Waals surface area contributed by atoms with E-state index in [0.29, 0.717) is 39.3 Å². The Balaban J connectivity index is 0.000000691. The molecule has 0 aliphatic heterocycles. The maximum absolute atomic E-state index is 6.09. The maximum atomic E-state index is 6.09. The van der Waals surface area contributed by atoms with Crippen molar-refractivity contribution in [1.29, 1.82) is 0 Å². The lowest BCUT2D eigenvalue weighted by atomic mass is 9.95. The van der Waals surface area contributed by atoms with Gasteiger partial charge in [0.1, 0.15) is 0 Å². The van der Waals surface area contributed by atoms with Crippen molar-refractivity contribution >= 4 is 17.6 Å². The summed E-state index contributed by atoms with van der Waals surface area (Å²) in [5.74, 6) is 0. The SMILES string of the molecule is CCO[Si](CCCCN)(OCC)OCC.CO[Si](OC)(OC)C(CN)(CCN)Cc1ccccc1. The average Bonchev–Trinajstić information content (AvgIpc) is 2.87. The number of nitrogens with two attached hydrogens (primary N) is 3. The zero-order chi connectivity index (χ0) is 26.6. The van der Waals surface area contributed by atoms with E-state index in [-0.39, 0.29) is 0 Å². The summed E-state index contributed by atoms with van der Waals surface area (Å²) in [7, 11) is -0.446. The molecule has 0 fully saturated rings. The molecule has 0 saturated heterocycles. The quantitative estimate of drug-likeness (QED) is 0.181. The zero-order valence-electron chi connectivity index (χ0n) is 22.8. The third kappa shape index (κ3) is 10.7. The summed E-state index contributed by atoms with van der Waals surface area (Å²) in [5, 5.41) is -0.415. The lowest BCUT2D eigenvalue weighted by molar-refractivity contribution is 0.0707. The minimum absolute atomic E-state index is 0.404. The minimum Gasteiger partial charge on any atom is -0.376 e. The molecule has 0 aliphatic rings. The van der Waals surface area contributed by atoms with Crippen molar-refractivity contribution in [1.82, 2.24) is 0 Å². The summed E-state index contributed by atoms with van der Waals surface area (Å²) in [5.41, 5.74) is 18.5. The van der Waals surface area contributed by atoms with Gasteiger partial charge in [0.25, 0.3) is 0 Å². The summed E-state index contributed by atoms with van der Waals surface area (Å²) in [6, 6.07) is 11.0. The van der Waals surface area contributed by atoms with E-state index >= 15 is 0 Å². The minimum atomic E-state index is -2.91. The van der Waals surface area contributed by atoms with Crippen molar-refractivity contribution in [2.45, 2.75) is 57.5 Å². The fourth-order valence-electron chi connectivity index (χ4n) is 4.30. The molecule has 1 atom stereocenters. The van der Waals surface area contributed by atoms with Crippen LogP contribution in [0.2, 0.25) is 11.1 Å². The molecule has 0 aliphatic carbocycles. The van der Waals surface area contributed by atoms with Crippen molar-refractivity contribution in [3.63, 3.8) is 0 Å². The average molecular weight is 534 g/mol.